The minimum atomic E-state index is -3.44. The molecule has 0 bridgehead atoms. The monoisotopic (exact) mass is 410 g/mol. The van der Waals surface area contributed by atoms with Gasteiger partial charge >= 0.3 is 5.97 Å². The molecule has 0 aliphatic carbocycles. The molecule has 0 atom stereocenters. The Kier molecular flexibility index (Phi) is 5.42. The van der Waals surface area contributed by atoms with Gasteiger partial charge in [-0.2, -0.15) is 0 Å². The minimum absolute atomic E-state index is 0.0225. The van der Waals surface area contributed by atoms with E-state index in [0.29, 0.717) is 22.9 Å². The Hall–Kier alpha value is -2.53. The molecule has 144 valence electrons. The zero-order valence-corrected chi connectivity index (χ0v) is 16.4. The molecular weight excluding hydrogens is 392 g/mol. The van der Waals surface area contributed by atoms with Crippen LogP contribution in [0.3, 0.4) is 0 Å². The summed E-state index contributed by atoms with van der Waals surface area (Å²) in [6.07, 6.45) is 4.47. The van der Waals surface area contributed by atoms with Crippen LogP contribution in [-0.2, 0) is 31.0 Å². The Morgan fingerprint density at radius 2 is 2.15 bits per heavy atom. The van der Waals surface area contributed by atoms with Gasteiger partial charge < -0.3 is 9.64 Å². The Morgan fingerprint density at radius 1 is 1.37 bits per heavy atom. The van der Waals surface area contributed by atoms with Crippen molar-refractivity contribution in [2.24, 2.45) is 4.40 Å². The number of anilines is 1. The van der Waals surface area contributed by atoms with Crippen molar-refractivity contribution in [2.75, 3.05) is 23.7 Å². The SMILES string of the molecule is CCN(C(C)=O)c1nc(COC(=O)C2=CN3CCS(=O)(=O)N=C3C=C2)cs1. The Balaban J connectivity index is 1.63. The highest BCUT2D eigenvalue weighted by atomic mass is 32.2. The Morgan fingerprint density at radius 3 is 2.85 bits per heavy atom. The predicted octanol–water partition coefficient (Wildman–Crippen LogP) is 1.06. The number of hydrogen-bond donors (Lipinski definition) is 0. The largest absolute Gasteiger partial charge is 0.456 e. The van der Waals surface area contributed by atoms with Crippen LogP contribution < -0.4 is 4.90 Å². The lowest BCUT2D eigenvalue weighted by Gasteiger charge is -2.26. The summed E-state index contributed by atoms with van der Waals surface area (Å²) in [5.74, 6) is -0.471. The first-order valence-corrected chi connectivity index (χ1v) is 10.7. The molecule has 3 heterocycles. The molecule has 1 aromatic rings. The van der Waals surface area contributed by atoms with Gasteiger partial charge in [-0.3, -0.25) is 9.69 Å². The zero-order chi connectivity index (χ0) is 19.6. The van der Waals surface area contributed by atoms with Crippen molar-refractivity contribution in [3.63, 3.8) is 0 Å². The molecule has 0 spiro atoms. The van der Waals surface area contributed by atoms with E-state index < -0.39 is 16.0 Å². The van der Waals surface area contributed by atoms with Crippen LogP contribution in [0.5, 0.6) is 0 Å². The maximum absolute atomic E-state index is 12.3. The highest BCUT2D eigenvalue weighted by Crippen LogP contribution is 2.22. The van der Waals surface area contributed by atoms with E-state index in [1.54, 1.807) is 10.3 Å². The van der Waals surface area contributed by atoms with Gasteiger partial charge in [0.2, 0.25) is 5.91 Å². The topological polar surface area (TPSA) is 109 Å². The van der Waals surface area contributed by atoms with Crippen molar-refractivity contribution in [1.82, 2.24) is 9.88 Å². The fourth-order valence-electron chi connectivity index (χ4n) is 2.52. The summed E-state index contributed by atoms with van der Waals surface area (Å²) in [7, 11) is -3.44. The number of carbonyl (C=O) groups excluding carboxylic acids is 2. The van der Waals surface area contributed by atoms with E-state index in [9.17, 15) is 18.0 Å². The van der Waals surface area contributed by atoms with Crippen molar-refractivity contribution in [2.45, 2.75) is 20.5 Å². The summed E-state index contributed by atoms with van der Waals surface area (Å²) in [4.78, 5) is 31.3. The lowest BCUT2D eigenvalue weighted by atomic mass is 10.2. The number of esters is 1. The fraction of sp³-hybridized carbons (Fsp3) is 0.375. The summed E-state index contributed by atoms with van der Waals surface area (Å²) in [6, 6.07) is 0. The quantitative estimate of drug-likeness (QED) is 0.668. The molecule has 27 heavy (non-hydrogen) atoms. The van der Waals surface area contributed by atoms with Gasteiger partial charge in [0, 0.05) is 31.6 Å². The summed E-state index contributed by atoms with van der Waals surface area (Å²) >= 11 is 1.31. The lowest BCUT2D eigenvalue weighted by Crippen LogP contribution is -2.37. The van der Waals surface area contributed by atoms with Crippen molar-refractivity contribution < 1.29 is 22.7 Å². The number of thiazole rings is 1. The van der Waals surface area contributed by atoms with Gasteiger partial charge in [0.1, 0.15) is 12.4 Å². The fourth-order valence-corrected chi connectivity index (χ4v) is 4.41. The smallest absolute Gasteiger partial charge is 0.340 e. The molecule has 0 unspecified atom stereocenters. The van der Waals surface area contributed by atoms with E-state index in [1.165, 1.54) is 41.5 Å². The van der Waals surface area contributed by atoms with E-state index in [2.05, 4.69) is 9.38 Å². The van der Waals surface area contributed by atoms with Crippen LogP contribution in [-0.4, -0.2) is 54.9 Å². The molecule has 0 saturated heterocycles. The number of carbonyl (C=O) groups is 2. The van der Waals surface area contributed by atoms with Crippen LogP contribution in [0.4, 0.5) is 5.13 Å². The number of amides is 1. The van der Waals surface area contributed by atoms with Crippen LogP contribution in [0.15, 0.2) is 33.7 Å². The van der Waals surface area contributed by atoms with E-state index >= 15 is 0 Å². The minimum Gasteiger partial charge on any atom is -0.456 e. The van der Waals surface area contributed by atoms with Crippen LogP contribution in [0.1, 0.15) is 19.5 Å². The number of nitrogens with zero attached hydrogens (tertiary/aromatic N) is 4. The van der Waals surface area contributed by atoms with Gasteiger partial charge in [-0.15, -0.1) is 15.7 Å². The van der Waals surface area contributed by atoms with E-state index in [4.69, 9.17) is 4.74 Å². The number of ether oxygens (including phenoxy) is 1. The van der Waals surface area contributed by atoms with Crippen LogP contribution >= 0.6 is 11.3 Å². The number of amidine groups is 1. The maximum atomic E-state index is 12.3. The van der Waals surface area contributed by atoms with Gasteiger partial charge in [0.05, 0.1) is 17.0 Å². The van der Waals surface area contributed by atoms with Gasteiger partial charge in [-0.25, -0.2) is 18.2 Å². The Labute approximate surface area is 160 Å². The lowest BCUT2D eigenvalue weighted by molar-refractivity contribution is -0.140. The van der Waals surface area contributed by atoms with E-state index in [0.717, 1.165) is 0 Å². The summed E-state index contributed by atoms with van der Waals surface area (Å²) in [6.45, 7) is 4.04. The van der Waals surface area contributed by atoms with Crippen molar-refractivity contribution in [3.8, 4) is 0 Å². The highest BCUT2D eigenvalue weighted by molar-refractivity contribution is 7.90. The predicted molar refractivity (Wildman–Crippen MR) is 101 cm³/mol. The number of rotatable bonds is 5. The molecule has 1 aromatic heterocycles. The Bertz CT molecular complexity index is 961. The summed E-state index contributed by atoms with van der Waals surface area (Å²) < 4.78 is 31.9. The molecule has 0 radical (unpaired) electrons. The van der Waals surface area contributed by atoms with E-state index in [-0.39, 0.29) is 30.6 Å². The molecule has 2 aliphatic heterocycles. The molecule has 0 saturated carbocycles. The molecular formula is C16H18N4O5S2. The molecule has 11 heteroatoms. The second kappa shape index (κ2) is 7.61. The van der Waals surface area contributed by atoms with Crippen LogP contribution in [0, 0.1) is 0 Å². The average Bonchev–Trinajstić information content (AvgIpc) is 3.07. The van der Waals surface area contributed by atoms with Crippen molar-refractivity contribution in [1.29, 1.82) is 0 Å². The highest BCUT2D eigenvalue weighted by Gasteiger charge is 2.25. The molecule has 1 amide bonds. The molecule has 2 aliphatic rings. The first-order chi connectivity index (χ1) is 12.8. The van der Waals surface area contributed by atoms with Gasteiger partial charge in [-0.1, -0.05) is 0 Å². The molecule has 3 rings (SSSR count). The normalized spacial score (nSPS) is 17.6. The second-order valence-electron chi connectivity index (χ2n) is 5.81. The standard InChI is InChI=1S/C16H18N4O5S2/c1-3-20(11(2)21)16-17-13(10-26-16)9-25-15(22)12-4-5-14-18-27(23,24)7-6-19(14)8-12/h4-5,8,10H,3,6-7,9H2,1-2H3. The zero-order valence-electron chi connectivity index (χ0n) is 14.8. The van der Waals surface area contributed by atoms with Crippen LogP contribution in [0.25, 0.3) is 0 Å². The van der Waals surface area contributed by atoms with Gasteiger partial charge in [0.15, 0.2) is 5.13 Å². The first-order valence-electron chi connectivity index (χ1n) is 8.18. The molecule has 0 fully saturated rings. The number of aromatic nitrogens is 1. The van der Waals surface area contributed by atoms with E-state index in [1.807, 2.05) is 6.92 Å². The third kappa shape index (κ3) is 4.42. The maximum Gasteiger partial charge on any atom is 0.340 e. The van der Waals surface area contributed by atoms with Crippen molar-refractivity contribution in [3.05, 3.63) is 35.0 Å². The molecule has 0 aromatic carbocycles. The summed E-state index contributed by atoms with van der Waals surface area (Å²) in [5.41, 5.74) is 0.845. The molecule has 9 nitrogen and oxygen atoms in total. The van der Waals surface area contributed by atoms with Crippen LogP contribution in [0.2, 0.25) is 0 Å². The second-order valence-corrected chi connectivity index (χ2v) is 8.40. The summed E-state index contributed by atoms with van der Waals surface area (Å²) in [5, 5.41) is 2.29. The average molecular weight is 410 g/mol. The van der Waals surface area contributed by atoms with Crippen molar-refractivity contribution >= 4 is 44.2 Å². The molecule has 0 N–H and O–H groups in total. The number of sulfonamides is 1. The van der Waals surface area contributed by atoms with Gasteiger partial charge in [0.25, 0.3) is 10.0 Å². The number of hydrogen-bond acceptors (Lipinski definition) is 8. The third-order valence-corrected chi connectivity index (χ3v) is 5.95. The first kappa shape index (κ1) is 19.2. The third-order valence-electron chi connectivity index (χ3n) is 3.88. The van der Waals surface area contributed by atoms with Gasteiger partial charge in [-0.05, 0) is 19.1 Å². The number of fused-ring (bicyclic) bond motifs is 1.